The van der Waals surface area contributed by atoms with Crippen molar-refractivity contribution in [1.82, 2.24) is 9.80 Å². The number of piperazine rings is 1. The fourth-order valence-corrected chi connectivity index (χ4v) is 2.85. The molecule has 1 aliphatic heterocycles. The van der Waals surface area contributed by atoms with Crippen LogP contribution in [0, 0.1) is 0 Å². The molecule has 1 fully saturated rings. The van der Waals surface area contributed by atoms with E-state index >= 15 is 0 Å². The number of hydrogen-bond donors (Lipinski definition) is 0. The Morgan fingerprint density at radius 3 is 2.48 bits per heavy atom. The fraction of sp³-hybridized carbons (Fsp3) is 0.389. The number of carbonyl (C=O) groups is 1. The van der Waals surface area contributed by atoms with Crippen LogP contribution >= 0.6 is 11.6 Å². The highest BCUT2D eigenvalue weighted by Gasteiger charge is 2.19. The van der Waals surface area contributed by atoms with Gasteiger partial charge in [-0.25, -0.2) is 0 Å². The van der Waals surface area contributed by atoms with Crippen molar-refractivity contribution in [1.29, 1.82) is 0 Å². The highest BCUT2D eigenvalue weighted by Crippen LogP contribution is 2.24. The number of hydrogen-bond acceptors (Lipinski definition) is 3. The Morgan fingerprint density at radius 1 is 1.09 bits per heavy atom. The SMILES string of the molecule is CN1CCN(C(=O)CCc2ccc(-c3ccc(Cl)cc3)o2)CC1. The predicted molar refractivity (Wildman–Crippen MR) is 91.6 cm³/mol. The molecule has 0 bridgehead atoms. The van der Waals surface area contributed by atoms with Gasteiger partial charge in [0.25, 0.3) is 0 Å². The van der Waals surface area contributed by atoms with Gasteiger partial charge in [0.2, 0.25) is 5.91 Å². The van der Waals surface area contributed by atoms with E-state index in [9.17, 15) is 4.79 Å². The summed E-state index contributed by atoms with van der Waals surface area (Å²) in [6, 6.07) is 11.4. The van der Waals surface area contributed by atoms with Gasteiger partial charge in [0, 0.05) is 49.6 Å². The molecule has 3 rings (SSSR count). The van der Waals surface area contributed by atoms with Gasteiger partial charge in [0.1, 0.15) is 11.5 Å². The molecule has 0 radical (unpaired) electrons. The summed E-state index contributed by atoms with van der Waals surface area (Å²) < 4.78 is 5.84. The number of likely N-dealkylation sites (N-methyl/N-ethyl adjacent to an activating group) is 1. The zero-order valence-corrected chi connectivity index (χ0v) is 14.1. The number of carbonyl (C=O) groups excluding carboxylic acids is 1. The van der Waals surface area contributed by atoms with Gasteiger partial charge in [-0.05, 0) is 43.4 Å². The number of rotatable bonds is 4. The predicted octanol–water partition coefficient (Wildman–Crippen LogP) is 3.31. The van der Waals surface area contributed by atoms with Crippen LogP contribution in [0.1, 0.15) is 12.2 Å². The van der Waals surface area contributed by atoms with Crippen molar-refractivity contribution in [3.05, 3.63) is 47.2 Å². The van der Waals surface area contributed by atoms with Gasteiger partial charge in [0.05, 0.1) is 0 Å². The van der Waals surface area contributed by atoms with Crippen LogP contribution in [0.25, 0.3) is 11.3 Å². The third-order valence-corrected chi connectivity index (χ3v) is 4.48. The van der Waals surface area contributed by atoms with Gasteiger partial charge in [-0.1, -0.05) is 11.6 Å². The Labute approximate surface area is 141 Å². The van der Waals surface area contributed by atoms with Gasteiger partial charge in [-0.15, -0.1) is 0 Å². The minimum atomic E-state index is 0.211. The number of amides is 1. The van der Waals surface area contributed by atoms with Crippen LogP contribution in [0.4, 0.5) is 0 Å². The first kappa shape index (κ1) is 16.1. The summed E-state index contributed by atoms with van der Waals surface area (Å²) in [5, 5.41) is 0.707. The highest BCUT2D eigenvalue weighted by atomic mass is 35.5. The second-order valence-electron chi connectivity index (χ2n) is 5.96. The average molecular weight is 333 g/mol. The van der Waals surface area contributed by atoms with E-state index in [1.165, 1.54) is 0 Å². The summed E-state index contributed by atoms with van der Waals surface area (Å²) in [5.41, 5.74) is 0.992. The maximum absolute atomic E-state index is 12.2. The minimum Gasteiger partial charge on any atom is -0.461 e. The van der Waals surface area contributed by atoms with Gasteiger partial charge < -0.3 is 14.2 Å². The molecule has 5 heteroatoms. The minimum absolute atomic E-state index is 0.211. The van der Waals surface area contributed by atoms with E-state index in [1.807, 2.05) is 41.3 Å². The zero-order valence-electron chi connectivity index (χ0n) is 13.3. The van der Waals surface area contributed by atoms with Gasteiger partial charge in [-0.2, -0.15) is 0 Å². The van der Waals surface area contributed by atoms with Crippen molar-refractivity contribution >= 4 is 17.5 Å². The molecule has 0 atom stereocenters. The maximum atomic E-state index is 12.2. The molecule has 122 valence electrons. The molecule has 2 heterocycles. The van der Waals surface area contributed by atoms with Crippen LogP contribution in [0.3, 0.4) is 0 Å². The Hall–Kier alpha value is -1.78. The van der Waals surface area contributed by atoms with Crippen LogP contribution in [0.15, 0.2) is 40.8 Å². The topological polar surface area (TPSA) is 36.7 Å². The third kappa shape index (κ3) is 4.15. The smallest absolute Gasteiger partial charge is 0.223 e. The summed E-state index contributed by atoms with van der Waals surface area (Å²) in [4.78, 5) is 16.4. The molecular formula is C18H21ClN2O2. The first-order valence-electron chi connectivity index (χ1n) is 7.93. The van der Waals surface area contributed by atoms with Crippen molar-refractivity contribution in [2.45, 2.75) is 12.8 Å². The number of halogens is 1. The van der Waals surface area contributed by atoms with Gasteiger partial charge >= 0.3 is 0 Å². The summed E-state index contributed by atoms with van der Waals surface area (Å²) in [5.74, 6) is 1.86. The normalized spacial score (nSPS) is 15.8. The molecule has 0 N–H and O–H groups in total. The lowest BCUT2D eigenvalue weighted by atomic mass is 10.2. The molecule has 1 aromatic heterocycles. The Kier molecular flexibility index (Phi) is 5.03. The van der Waals surface area contributed by atoms with Crippen molar-refractivity contribution in [3.63, 3.8) is 0 Å². The van der Waals surface area contributed by atoms with E-state index in [1.54, 1.807) is 0 Å². The molecule has 0 unspecified atom stereocenters. The Morgan fingerprint density at radius 2 is 1.78 bits per heavy atom. The molecule has 2 aromatic rings. The molecule has 1 aliphatic rings. The number of aryl methyl sites for hydroxylation is 1. The van der Waals surface area contributed by atoms with E-state index < -0.39 is 0 Å². The summed E-state index contributed by atoms with van der Waals surface area (Å²) in [6.07, 6.45) is 1.13. The van der Waals surface area contributed by atoms with Crippen LogP contribution in [-0.2, 0) is 11.2 Å². The molecule has 1 aromatic carbocycles. The van der Waals surface area contributed by atoms with Crippen LogP contribution in [-0.4, -0.2) is 48.9 Å². The third-order valence-electron chi connectivity index (χ3n) is 4.23. The van der Waals surface area contributed by atoms with Crippen LogP contribution < -0.4 is 0 Å². The van der Waals surface area contributed by atoms with Gasteiger partial charge in [0.15, 0.2) is 0 Å². The number of nitrogens with zero attached hydrogens (tertiary/aromatic N) is 2. The number of furan rings is 1. The Balaban J connectivity index is 1.55. The van der Waals surface area contributed by atoms with Gasteiger partial charge in [-0.3, -0.25) is 4.79 Å². The van der Waals surface area contributed by atoms with E-state index in [4.69, 9.17) is 16.0 Å². The first-order chi connectivity index (χ1) is 11.1. The Bertz CT molecular complexity index is 658. The van der Waals surface area contributed by atoms with Crippen molar-refractivity contribution in [2.24, 2.45) is 0 Å². The zero-order chi connectivity index (χ0) is 16.2. The molecule has 0 spiro atoms. The average Bonchev–Trinajstić information content (AvgIpc) is 3.03. The van der Waals surface area contributed by atoms with Crippen LogP contribution in [0.2, 0.25) is 5.02 Å². The van der Waals surface area contributed by atoms with Crippen molar-refractivity contribution in [3.8, 4) is 11.3 Å². The number of benzene rings is 1. The molecule has 23 heavy (non-hydrogen) atoms. The second kappa shape index (κ2) is 7.20. The monoisotopic (exact) mass is 332 g/mol. The fourth-order valence-electron chi connectivity index (χ4n) is 2.73. The second-order valence-corrected chi connectivity index (χ2v) is 6.39. The van der Waals surface area contributed by atoms with Crippen LogP contribution in [0.5, 0.6) is 0 Å². The van der Waals surface area contributed by atoms with Crippen molar-refractivity contribution < 1.29 is 9.21 Å². The largest absolute Gasteiger partial charge is 0.461 e. The lowest BCUT2D eigenvalue weighted by molar-refractivity contribution is -0.132. The standard InChI is InChI=1S/C18H21ClN2O2/c1-20-10-12-21(13-11-20)18(22)9-7-16-6-8-17(23-16)14-2-4-15(19)5-3-14/h2-6,8H,7,9-13H2,1H3. The molecule has 0 saturated carbocycles. The molecule has 0 aliphatic carbocycles. The molecule has 1 amide bonds. The first-order valence-corrected chi connectivity index (χ1v) is 8.30. The molecular weight excluding hydrogens is 312 g/mol. The van der Waals surface area contributed by atoms with E-state index in [-0.39, 0.29) is 5.91 Å². The van der Waals surface area contributed by atoms with E-state index in [0.717, 1.165) is 43.3 Å². The lowest BCUT2D eigenvalue weighted by Crippen LogP contribution is -2.47. The molecule has 1 saturated heterocycles. The van der Waals surface area contributed by atoms with E-state index in [0.29, 0.717) is 17.9 Å². The summed E-state index contributed by atoms with van der Waals surface area (Å²) >= 11 is 5.90. The summed E-state index contributed by atoms with van der Waals surface area (Å²) in [7, 11) is 2.09. The molecule has 4 nitrogen and oxygen atoms in total. The highest BCUT2D eigenvalue weighted by molar-refractivity contribution is 6.30. The summed E-state index contributed by atoms with van der Waals surface area (Å²) in [6.45, 7) is 3.55. The maximum Gasteiger partial charge on any atom is 0.223 e. The van der Waals surface area contributed by atoms with E-state index in [2.05, 4.69) is 11.9 Å². The quantitative estimate of drug-likeness (QED) is 0.862. The van der Waals surface area contributed by atoms with Crippen molar-refractivity contribution in [2.75, 3.05) is 33.2 Å². The lowest BCUT2D eigenvalue weighted by Gasteiger charge is -2.32.